The second kappa shape index (κ2) is 6.64. The maximum Gasteiger partial charge on any atom is 0.255 e. The van der Waals surface area contributed by atoms with Gasteiger partial charge in [-0.3, -0.25) is 4.79 Å². The first-order valence-electron chi connectivity index (χ1n) is 6.48. The number of nitrogens with zero attached hydrogens (tertiary/aromatic N) is 1. The van der Waals surface area contributed by atoms with Crippen LogP contribution in [0.3, 0.4) is 0 Å². The fourth-order valence-electron chi connectivity index (χ4n) is 2.34. The lowest BCUT2D eigenvalue weighted by Gasteiger charge is -2.32. The van der Waals surface area contributed by atoms with Crippen molar-refractivity contribution in [3.05, 3.63) is 33.3 Å². The molecule has 8 heteroatoms. The molecule has 0 aliphatic carbocycles. The van der Waals surface area contributed by atoms with Crippen molar-refractivity contribution in [2.45, 2.75) is 18.9 Å². The number of carbonyl (C=O) groups is 1. The predicted molar refractivity (Wildman–Crippen MR) is 86.1 cm³/mol. The first kappa shape index (κ1) is 16.7. The number of rotatable bonds is 3. The molecule has 0 radical (unpaired) electrons. The highest BCUT2D eigenvalue weighted by Crippen LogP contribution is 2.27. The number of hydrogen-bond acceptors (Lipinski definition) is 3. The molecule has 2 rings (SSSR count). The van der Waals surface area contributed by atoms with Crippen LogP contribution < -0.4 is 4.72 Å². The summed E-state index contributed by atoms with van der Waals surface area (Å²) in [5.74, 6) is -0.126. The molecule has 21 heavy (non-hydrogen) atoms. The molecule has 1 aromatic rings. The van der Waals surface area contributed by atoms with E-state index in [1.807, 2.05) is 0 Å². The summed E-state index contributed by atoms with van der Waals surface area (Å²) in [5, 5.41) is 0.402. The van der Waals surface area contributed by atoms with Gasteiger partial charge in [0, 0.05) is 23.6 Å². The van der Waals surface area contributed by atoms with E-state index in [9.17, 15) is 13.2 Å². The van der Waals surface area contributed by atoms with Gasteiger partial charge in [0.05, 0.1) is 16.8 Å². The molecule has 0 bridgehead atoms. The molecule has 1 heterocycles. The number of halogens is 2. The van der Waals surface area contributed by atoms with Crippen molar-refractivity contribution in [2.24, 2.45) is 0 Å². The number of sulfonamides is 1. The summed E-state index contributed by atoms with van der Waals surface area (Å²) in [7, 11) is -3.21. The zero-order chi connectivity index (χ0) is 15.6. The van der Waals surface area contributed by atoms with Gasteiger partial charge in [-0.15, -0.1) is 0 Å². The SMILES string of the molecule is CS(=O)(=O)NC1CCN(C(=O)c2cccc(Br)c2Cl)CC1. The minimum Gasteiger partial charge on any atom is -0.338 e. The molecular formula is C13H16BrClN2O3S. The van der Waals surface area contributed by atoms with E-state index in [1.54, 1.807) is 23.1 Å². The number of hydrogen-bond donors (Lipinski definition) is 1. The average Bonchev–Trinajstić information content (AvgIpc) is 2.40. The van der Waals surface area contributed by atoms with Gasteiger partial charge in [0.15, 0.2) is 0 Å². The Morgan fingerprint density at radius 2 is 2.00 bits per heavy atom. The Labute approximate surface area is 137 Å². The van der Waals surface area contributed by atoms with Gasteiger partial charge < -0.3 is 4.90 Å². The summed E-state index contributed by atoms with van der Waals surface area (Å²) < 4.78 is 25.7. The second-order valence-electron chi connectivity index (χ2n) is 5.06. The van der Waals surface area contributed by atoms with E-state index >= 15 is 0 Å². The van der Waals surface area contributed by atoms with Crippen molar-refractivity contribution in [3.63, 3.8) is 0 Å². The van der Waals surface area contributed by atoms with Crippen LogP contribution in [-0.2, 0) is 10.0 Å². The fourth-order valence-corrected chi connectivity index (χ4v) is 3.76. The lowest BCUT2D eigenvalue weighted by Crippen LogP contribution is -2.46. The van der Waals surface area contributed by atoms with Gasteiger partial charge in [-0.05, 0) is 40.9 Å². The molecule has 0 atom stereocenters. The third-order valence-electron chi connectivity index (χ3n) is 3.34. The summed E-state index contributed by atoms with van der Waals surface area (Å²) in [4.78, 5) is 14.1. The number of carbonyl (C=O) groups excluding carboxylic acids is 1. The number of benzene rings is 1. The molecule has 5 nitrogen and oxygen atoms in total. The van der Waals surface area contributed by atoms with Gasteiger partial charge in [0.25, 0.3) is 5.91 Å². The van der Waals surface area contributed by atoms with Crippen molar-refractivity contribution in [3.8, 4) is 0 Å². The zero-order valence-corrected chi connectivity index (χ0v) is 14.6. The summed E-state index contributed by atoms with van der Waals surface area (Å²) >= 11 is 9.44. The van der Waals surface area contributed by atoms with Crippen LogP contribution in [0, 0.1) is 0 Å². The van der Waals surface area contributed by atoms with Crippen molar-refractivity contribution < 1.29 is 13.2 Å². The van der Waals surface area contributed by atoms with Gasteiger partial charge in [0.2, 0.25) is 10.0 Å². The van der Waals surface area contributed by atoms with E-state index in [2.05, 4.69) is 20.7 Å². The number of nitrogens with one attached hydrogen (secondary N) is 1. The first-order valence-corrected chi connectivity index (χ1v) is 9.55. The smallest absolute Gasteiger partial charge is 0.255 e. The lowest BCUT2D eigenvalue weighted by atomic mass is 10.0. The van der Waals surface area contributed by atoms with Crippen LogP contribution in [0.4, 0.5) is 0 Å². The Morgan fingerprint density at radius 3 is 2.57 bits per heavy atom. The normalized spacial score (nSPS) is 17.0. The standard InChI is InChI=1S/C13H16BrClN2O3S/c1-21(19,20)16-9-5-7-17(8-6-9)13(18)10-3-2-4-11(14)12(10)15/h2-4,9,16H,5-8H2,1H3. The maximum atomic E-state index is 12.4. The molecule has 0 saturated carbocycles. The van der Waals surface area contributed by atoms with E-state index in [0.717, 1.165) is 6.26 Å². The van der Waals surface area contributed by atoms with Crippen LogP contribution in [0.5, 0.6) is 0 Å². The van der Waals surface area contributed by atoms with E-state index in [-0.39, 0.29) is 11.9 Å². The summed E-state index contributed by atoms with van der Waals surface area (Å²) in [5.41, 5.74) is 0.459. The minimum absolute atomic E-state index is 0.109. The molecule has 1 aliphatic heterocycles. The highest BCUT2D eigenvalue weighted by molar-refractivity contribution is 9.10. The van der Waals surface area contributed by atoms with Gasteiger partial charge in [0.1, 0.15) is 0 Å². The van der Waals surface area contributed by atoms with Crippen LogP contribution in [0.15, 0.2) is 22.7 Å². The number of likely N-dealkylation sites (tertiary alicyclic amines) is 1. The van der Waals surface area contributed by atoms with Crippen molar-refractivity contribution in [1.29, 1.82) is 0 Å². The van der Waals surface area contributed by atoms with Crippen LogP contribution in [-0.4, -0.2) is 44.6 Å². The van der Waals surface area contributed by atoms with Crippen LogP contribution in [0.1, 0.15) is 23.2 Å². The van der Waals surface area contributed by atoms with Gasteiger partial charge in [-0.1, -0.05) is 17.7 Å². The van der Waals surface area contributed by atoms with E-state index in [0.29, 0.717) is 41.0 Å². The Kier molecular flexibility index (Phi) is 5.29. The molecule has 1 amide bonds. The third-order valence-corrected chi connectivity index (χ3v) is 5.40. The van der Waals surface area contributed by atoms with E-state index in [1.165, 1.54) is 0 Å². The third kappa shape index (κ3) is 4.42. The molecule has 0 unspecified atom stereocenters. The van der Waals surface area contributed by atoms with Crippen molar-refractivity contribution in [1.82, 2.24) is 9.62 Å². The first-order chi connectivity index (χ1) is 9.78. The summed E-state index contributed by atoms with van der Waals surface area (Å²) in [6.45, 7) is 1.02. The topological polar surface area (TPSA) is 66.5 Å². The van der Waals surface area contributed by atoms with Gasteiger partial charge >= 0.3 is 0 Å². The van der Waals surface area contributed by atoms with E-state index in [4.69, 9.17) is 11.6 Å². The number of amides is 1. The Bertz CT molecular complexity index is 643. The molecule has 116 valence electrons. The van der Waals surface area contributed by atoms with E-state index < -0.39 is 10.0 Å². The monoisotopic (exact) mass is 394 g/mol. The molecule has 0 spiro atoms. The number of piperidine rings is 1. The quantitative estimate of drug-likeness (QED) is 0.853. The molecular weight excluding hydrogens is 380 g/mol. The molecule has 1 aromatic carbocycles. The predicted octanol–water partition coefficient (Wildman–Crippen LogP) is 2.26. The molecule has 1 N–H and O–H groups in total. The highest BCUT2D eigenvalue weighted by atomic mass is 79.9. The highest BCUT2D eigenvalue weighted by Gasteiger charge is 2.26. The largest absolute Gasteiger partial charge is 0.338 e. The van der Waals surface area contributed by atoms with Gasteiger partial charge in [-0.2, -0.15) is 0 Å². The summed E-state index contributed by atoms with van der Waals surface area (Å²) in [6, 6.07) is 5.13. The Morgan fingerprint density at radius 1 is 1.38 bits per heavy atom. The Hall–Kier alpha value is -0.630. The lowest BCUT2D eigenvalue weighted by molar-refractivity contribution is 0.0711. The maximum absolute atomic E-state index is 12.4. The molecule has 0 aromatic heterocycles. The van der Waals surface area contributed by atoms with Gasteiger partial charge in [-0.25, -0.2) is 13.1 Å². The summed E-state index contributed by atoms with van der Waals surface area (Å²) in [6.07, 6.45) is 2.35. The zero-order valence-electron chi connectivity index (χ0n) is 11.5. The fraction of sp³-hybridized carbons (Fsp3) is 0.462. The molecule has 1 fully saturated rings. The molecule has 1 aliphatic rings. The van der Waals surface area contributed by atoms with Crippen LogP contribution >= 0.6 is 27.5 Å². The van der Waals surface area contributed by atoms with Crippen LogP contribution in [0.25, 0.3) is 0 Å². The van der Waals surface area contributed by atoms with Crippen molar-refractivity contribution in [2.75, 3.05) is 19.3 Å². The average molecular weight is 396 g/mol. The van der Waals surface area contributed by atoms with Crippen molar-refractivity contribution >= 4 is 43.5 Å². The van der Waals surface area contributed by atoms with Crippen LogP contribution in [0.2, 0.25) is 5.02 Å². The Balaban J connectivity index is 2.02. The second-order valence-corrected chi connectivity index (χ2v) is 8.07. The molecule has 1 saturated heterocycles. The minimum atomic E-state index is -3.21.